The number of carbonyl (C=O) groups is 1. The molecule has 0 saturated carbocycles. The topological polar surface area (TPSA) is 41.5 Å². The monoisotopic (exact) mass is 370 g/mol. The fourth-order valence-corrected chi connectivity index (χ4v) is 1.99. The lowest BCUT2D eigenvalue weighted by atomic mass is 10.2. The zero-order chi connectivity index (χ0) is 14.5. The third-order valence-corrected chi connectivity index (χ3v) is 3.70. The van der Waals surface area contributed by atoms with E-state index in [1.54, 1.807) is 42.5 Å². The molecule has 0 aliphatic rings. The second-order valence-electron chi connectivity index (χ2n) is 3.88. The Hall–Kier alpha value is -1.36. The highest BCUT2D eigenvalue weighted by atomic mass is 79.9. The molecular weight excluding hydrogens is 363 g/mol. The largest absolute Gasteiger partial charge is 0.271 e. The van der Waals surface area contributed by atoms with Crippen molar-refractivity contribution in [3.05, 3.63) is 68.1 Å². The van der Waals surface area contributed by atoms with Gasteiger partial charge in [0.15, 0.2) is 0 Å². The molecule has 0 spiro atoms. The van der Waals surface area contributed by atoms with Crippen LogP contribution in [0.25, 0.3) is 0 Å². The van der Waals surface area contributed by atoms with Crippen LogP contribution in [0.4, 0.5) is 0 Å². The molecule has 6 heteroatoms. The number of benzene rings is 2. The van der Waals surface area contributed by atoms with E-state index in [2.05, 4.69) is 26.5 Å². The van der Waals surface area contributed by atoms with E-state index in [-0.39, 0.29) is 5.91 Å². The summed E-state index contributed by atoms with van der Waals surface area (Å²) in [6, 6.07) is 12.1. The summed E-state index contributed by atoms with van der Waals surface area (Å²) in [5.74, 6) is -0.284. The molecule has 0 unspecified atom stereocenters. The molecule has 0 atom stereocenters. The van der Waals surface area contributed by atoms with Gasteiger partial charge in [0, 0.05) is 10.0 Å². The maximum atomic E-state index is 11.8. The van der Waals surface area contributed by atoms with Crippen LogP contribution in [0.2, 0.25) is 10.0 Å². The number of hydrazone groups is 1. The van der Waals surface area contributed by atoms with Gasteiger partial charge in [-0.15, -0.1) is 0 Å². The van der Waals surface area contributed by atoms with Crippen molar-refractivity contribution in [3.63, 3.8) is 0 Å². The molecule has 0 saturated heterocycles. The molecule has 20 heavy (non-hydrogen) atoms. The Labute approximate surface area is 134 Å². The lowest BCUT2D eigenvalue weighted by Crippen LogP contribution is -2.17. The molecule has 0 aromatic heterocycles. The predicted molar refractivity (Wildman–Crippen MR) is 85.7 cm³/mol. The fraction of sp³-hybridized carbons (Fsp3) is 0. The average Bonchev–Trinajstić information content (AvgIpc) is 2.43. The number of nitrogens with zero attached hydrogens (tertiary/aromatic N) is 1. The lowest BCUT2D eigenvalue weighted by Gasteiger charge is -2.00. The number of amides is 1. The summed E-state index contributed by atoms with van der Waals surface area (Å²) in [7, 11) is 0. The van der Waals surface area contributed by atoms with Crippen LogP contribution in [-0.2, 0) is 0 Å². The van der Waals surface area contributed by atoms with Crippen molar-refractivity contribution in [2.24, 2.45) is 5.10 Å². The summed E-state index contributed by atoms with van der Waals surface area (Å²) in [4.78, 5) is 11.8. The van der Waals surface area contributed by atoms with Gasteiger partial charge in [-0.25, -0.2) is 5.43 Å². The number of rotatable bonds is 3. The van der Waals surface area contributed by atoms with Gasteiger partial charge in [-0.2, -0.15) is 5.10 Å². The van der Waals surface area contributed by atoms with Gasteiger partial charge in [0.2, 0.25) is 0 Å². The number of hydrogen-bond donors (Lipinski definition) is 1. The van der Waals surface area contributed by atoms with Crippen molar-refractivity contribution < 1.29 is 4.79 Å². The predicted octanol–water partition coefficient (Wildman–Crippen LogP) is 4.52. The fourth-order valence-electron chi connectivity index (χ4n) is 1.42. The van der Waals surface area contributed by atoms with Gasteiger partial charge in [0.25, 0.3) is 5.91 Å². The van der Waals surface area contributed by atoms with Crippen LogP contribution in [0.15, 0.2) is 52.0 Å². The Morgan fingerprint density at radius 2 is 1.80 bits per heavy atom. The van der Waals surface area contributed by atoms with Crippen LogP contribution in [0.1, 0.15) is 15.9 Å². The second kappa shape index (κ2) is 6.88. The molecule has 0 aliphatic carbocycles. The van der Waals surface area contributed by atoms with E-state index in [4.69, 9.17) is 23.2 Å². The molecule has 2 aromatic carbocycles. The molecular formula is C14H9BrCl2N2O. The molecule has 102 valence electrons. The Balaban J connectivity index is 2.00. The van der Waals surface area contributed by atoms with Gasteiger partial charge in [-0.1, -0.05) is 45.2 Å². The van der Waals surface area contributed by atoms with E-state index >= 15 is 0 Å². The number of hydrogen-bond acceptors (Lipinski definition) is 2. The Bertz CT molecular complexity index is 657. The summed E-state index contributed by atoms with van der Waals surface area (Å²) in [5.41, 5.74) is 3.71. The quantitative estimate of drug-likeness (QED) is 0.625. The van der Waals surface area contributed by atoms with Gasteiger partial charge >= 0.3 is 0 Å². The zero-order valence-electron chi connectivity index (χ0n) is 10.1. The summed E-state index contributed by atoms with van der Waals surface area (Å²) in [6.07, 6.45) is 1.50. The molecule has 2 rings (SSSR count). The first-order chi connectivity index (χ1) is 9.56. The smallest absolute Gasteiger partial charge is 0.267 e. The van der Waals surface area contributed by atoms with Gasteiger partial charge in [-0.3, -0.25) is 4.79 Å². The summed E-state index contributed by atoms with van der Waals surface area (Å²) in [6.45, 7) is 0. The molecule has 0 fully saturated rings. The minimum atomic E-state index is -0.284. The summed E-state index contributed by atoms with van der Waals surface area (Å²) < 4.78 is 0.911. The molecule has 0 heterocycles. The number of carbonyl (C=O) groups excluding carboxylic acids is 1. The van der Waals surface area contributed by atoms with Crippen molar-refractivity contribution in [1.29, 1.82) is 0 Å². The number of nitrogens with one attached hydrogen (secondary N) is 1. The van der Waals surface area contributed by atoms with Crippen molar-refractivity contribution >= 4 is 51.3 Å². The van der Waals surface area contributed by atoms with Gasteiger partial charge in [-0.05, 0) is 42.0 Å². The molecule has 1 N–H and O–H groups in total. The zero-order valence-corrected chi connectivity index (χ0v) is 13.2. The van der Waals surface area contributed by atoms with Crippen molar-refractivity contribution in [2.45, 2.75) is 0 Å². The maximum absolute atomic E-state index is 11.8. The average molecular weight is 372 g/mol. The van der Waals surface area contributed by atoms with Crippen LogP contribution in [0.3, 0.4) is 0 Å². The van der Waals surface area contributed by atoms with Crippen LogP contribution in [0, 0.1) is 0 Å². The molecule has 3 nitrogen and oxygen atoms in total. The van der Waals surface area contributed by atoms with Gasteiger partial charge in [0.1, 0.15) is 0 Å². The summed E-state index contributed by atoms with van der Waals surface area (Å²) >= 11 is 15.0. The van der Waals surface area contributed by atoms with Crippen LogP contribution in [0.5, 0.6) is 0 Å². The van der Waals surface area contributed by atoms with Crippen molar-refractivity contribution in [3.8, 4) is 0 Å². The van der Waals surface area contributed by atoms with E-state index in [9.17, 15) is 4.79 Å². The standard InChI is InChI=1S/C14H9BrCl2N2O/c15-11-4-2-10(3-5-11)14(20)19-18-8-9-1-6-12(16)13(17)7-9/h1-8H,(H,19,20). The minimum absolute atomic E-state index is 0.284. The van der Waals surface area contributed by atoms with Gasteiger partial charge in [0.05, 0.1) is 16.3 Å². The normalized spacial score (nSPS) is 10.8. The summed E-state index contributed by atoms with van der Waals surface area (Å²) in [5, 5.41) is 4.79. The third kappa shape index (κ3) is 4.07. The van der Waals surface area contributed by atoms with E-state index in [1.807, 2.05) is 0 Å². The van der Waals surface area contributed by atoms with Crippen LogP contribution >= 0.6 is 39.1 Å². The van der Waals surface area contributed by atoms with Crippen LogP contribution in [-0.4, -0.2) is 12.1 Å². The highest BCUT2D eigenvalue weighted by Crippen LogP contribution is 2.21. The van der Waals surface area contributed by atoms with E-state index in [1.165, 1.54) is 6.21 Å². The van der Waals surface area contributed by atoms with Gasteiger partial charge < -0.3 is 0 Å². The second-order valence-corrected chi connectivity index (χ2v) is 5.61. The molecule has 0 bridgehead atoms. The SMILES string of the molecule is O=C(NN=Cc1ccc(Cl)c(Cl)c1)c1ccc(Br)cc1. The molecule has 0 aliphatic heterocycles. The Kier molecular flexibility index (Phi) is 5.17. The number of halogens is 3. The molecule has 1 amide bonds. The first-order valence-corrected chi connectivity index (χ1v) is 7.15. The van der Waals surface area contributed by atoms with E-state index in [0.29, 0.717) is 15.6 Å². The van der Waals surface area contributed by atoms with Crippen LogP contribution < -0.4 is 5.43 Å². The molecule has 2 aromatic rings. The lowest BCUT2D eigenvalue weighted by molar-refractivity contribution is 0.0955. The minimum Gasteiger partial charge on any atom is -0.267 e. The highest BCUT2D eigenvalue weighted by Gasteiger charge is 2.03. The first-order valence-electron chi connectivity index (χ1n) is 5.60. The Morgan fingerprint density at radius 3 is 2.45 bits per heavy atom. The highest BCUT2D eigenvalue weighted by molar-refractivity contribution is 9.10. The van der Waals surface area contributed by atoms with E-state index in [0.717, 1.165) is 10.0 Å². The third-order valence-electron chi connectivity index (χ3n) is 2.43. The van der Waals surface area contributed by atoms with Crippen molar-refractivity contribution in [2.75, 3.05) is 0 Å². The Morgan fingerprint density at radius 1 is 1.10 bits per heavy atom. The van der Waals surface area contributed by atoms with Crippen molar-refractivity contribution in [1.82, 2.24) is 5.43 Å². The first kappa shape index (κ1) is 15.0. The molecule has 0 radical (unpaired) electrons. The van der Waals surface area contributed by atoms with E-state index < -0.39 is 0 Å². The maximum Gasteiger partial charge on any atom is 0.271 e.